The number of hydrogen-bond donors (Lipinski definition) is 1. The molecule has 0 saturated carbocycles. The highest BCUT2D eigenvalue weighted by Gasteiger charge is 2.20. The molecule has 25 heavy (non-hydrogen) atoms. The average Bonchev–Trinajstić information content (AvgIpc) is 2.60. The van der Waals surface area contributed by atoms with Crippen LogP contribution in [0, 0.1) is 5.82 Å². The Morgan fingerprint density at radius 1 is 1.16 bits per heavy atom. The van der Waals surface area contributed by atoms with Gasteiger partial charge in [-0.15, -0.1) is 0 Å². The topological polar surface area (TPSA) is 87.9 Å². The highest BCUT2D eigenvalue weighted by atomic mass is 35.5. The molecule has 130 valence electrons. The molecule has 0 atom stereocenters. The maximum Gasteiger partial charge on any atom is 0.338 e. The summed E-state index contributed by atoms with van der Waals surface area (Å²) in [6.45, 7) is 0.409. The monoisotopic (exact) mass is 365 g/mol. The molecule has 8 heteroatoms. The molecule has 2 N–H and O–H groups in total. The number of carbonyl (C=O) groups is 2. The zero-order chi connectivity index (χ0) is 18.0. The number of carbonyl (C=O) groups excluding carboxylic acids is 2. The summed E-state index contributed by atoms with van der Waals surface area (Å²) in [7, 11) is 0. The second kappa shape index (κ2) is 6.98. The Kier molecular flexibility index (Phi) is 4.76. The van der Waals surface area contributed by atoms with Gasteiger partial charge in [-0.3, -0.25) is 4.79 Å². The molecule has 0 unspecified atom stereocenters. The quantitative estimate of drug-likeness (QED) is 0.842. The Balaban J connectivity index is 1.73. The summed E-state index contributed by atoms with van der Waals surface area (Å²) in [5.74, 6) is -1.41. The first-order valence-corrected chi connectivity index (χ1v) is 7.68. The van der Waals surface area contributed by atoms with Gasteiger partial charge >= 0.3 is 5.97 Å². The van der Waals surface area contributed by atoms with Crippen LogP contribution >= 0.6 is 11.6 Å². The van der Waals surface area contributed by atoms with Crippen molar-refractivity contribution >= 4 is 23.5 Å². The van der Waals surface area contributed by atoms with Crippen LogP contribution in [0.15, 0.2) is 30.3 Å². The van der Waals surface area contributed by atoms with Gasteiger partial charge in [-0.2, -0.15) is 0 Å². The third-order valence-electron chi connectivity index (χ3n) is 3.53. The Labute approximate surface area is 147 Å². The van der Waals surface area contributed by atoms with E-state index in [0.717, 1.165) is 6.07 Å². The van der Waals surface area contributed by atoms with Gasteiger partial charge in [0.25, 0.3) is 0 Å². The van der Waals surface area contributed by atoms with Crippen LogP contribution in [0.1, 0.15) is 26.3 Å². The number of hydrogen-bond acceptors (Lipinski definition) is 5. The van der Waals surface area contributed by atoms with E-state index in [-0.39, 0.29) is 28.3 Å². The second-order valence-electron chi connectivity index (χ2n) is 5.23. The van der Waals surface area contributed by atoms with E-state index in [1.165, 1.54) is 24.3 Å². The van der Waals surface area contributed by atoms with Crippen LogP contribution in [-0.4, -0.2) is 25.1 Å². The zero-order valence-electron chi connectivity index (χ0n) is 12.9. The van der Waals surface area contributed by atoms with E-state index >= 15 is 0 Å². The van der Waals surface area contributed by atoms with E-state index in [2.05, 4.69) is 0 Å². The van der Waals surface area contributed by atoms with Crippen molar-refractivity contribution in [2.75, 3.05) is 13.2 Å². The Hall–Kier alpha value is -2.80. The van der Waals surface area contributed by atoms with Gasteiger partial charge in [0.1, 0.15) is 25.6 Å². The van der Waals surface area contributed by atoms with Crippen LogP contribution in [0.5, 0.6) is 11.5 Å². The molecule has 2 aromatic rings. The lowest BCUT2D eigenvalue weighted by Crippen LogP contribution is -2.16. The van der Waals surface area contributed by atoms with Crippen molar-refractivity contribution in [1.82, 2.24) is 0 Å². The van der Waals surface area contributed by atoms with Crippen molar-refractivity contribution in [3.05, 3.63) is 57.9 Å². The number of halogens is 2. The highest BCUT2D eigenvalue weighted by Crippen LogP contribution is 2.38. The third kappa shape index (κ3) is 3.66. The van der Waals surface area contributed by atoms with Crippen LogP contribution in [0.2, 0.25) is 5.02 Å². The van der Waals surface area contributed by atoms with Crippen molar-refractivity contribution in [1.29, 1.82) is 0 Å². The van der Waals surface area contributed by atoms with Gasteiger partial charge in [0.2, 0.25) is 5.91 Å². The minimum Gasteiger partial charge on any atom is -0.486 e. The van der Waals surface area contributed by atoms with Gasteiger partial charge in [-0.25, -0.2) is 9.18 Å². The van der Waals surface area contributed by atoms with Gasteiger partial charge in [0, 0.05) is 11.1 Å². The molecule has 0 radical (unpaired) electrons. The molecule has 0 aromatic heterocycles. The molecule has 0 fully saturated rings. The zero-order valence-corrected chi connectivity index (χ0v) is 13.6. The lowest BCUT2D eigenvalue weighted by Gasteiger charge is -2.20. The van der Waals surface area contributed by atoms with Gasteiger partial charge < -0.3 is 19.9 Å². The second-order valence-corrected chi connectivity index (χ2v) is 5.64. The molecule has 3 rings (SSSR count). The number of amides is 1. The minimum atomic E-state index is -0.742. The van der Waals surface area contributed by atoms with Gasteiger partial charge in [0.15, 0.2) is 11.5 Å². The largest absolute Gasteiger partial charge is 0.486 e. The first-order chi connectivity index (χ1) is 12.0. The standard InChI is InChI=1S/C17H13ClFNO5/c18-12-5-11(7-14-15(12)24-4-3-23-14)17(22)25-8-10-2-1-9(16(20)21)6-13(10)19/h1-2,5-7H,3-4,8H2,(H2,20,21). The Morgan fingerprint density at radius 2 is 1.92 bits per heavy atom. The summed E-state index contributed by atoms with van der Waals surface area (Å²) < 4.78 is 29.7. The molecule has 1 aliphatic rings. The third-order valence-corrected chi connectivity index (χ3v) is 3.81. The van der Waals surface area contributed by atoms with Crippen molar-refractivity contribution < 1.29 is 28.2 Å². The van der Waals surface area contributed by atoms with E-state index in [1.807, 2.05) is 0 Å². The minimum absolute atomic E-state index is 0.0335. The van der Waals surface area contributed by atoms with E-state index in [1.54, 1.807) is 0 Å². The summed E-state index contributed by atoms with van der Waals surface area (Å²) in [5, 5.41) is 0.223. The van der Waals surface area contributed by atoms with E-state index in [9.17, 15) is 14.0 Å². The molecule has 0 spiro atoms. The van der Waals surface area contributed by atoms with Gasteiger partial charge in [-0.05, 0) is 24.3 Å². The Morgan fingerprint density at radius 3 is 2.64 bits per heavy atom. The van der Waals surface area contributed by atoms with Crippen molar-refractivity contribution in [2.24, 2.45) is 5.73 Å². The summed E-state index contributed by atoms with van der Waals surface area (Å²) in [6.07, 6.45) is 0. The maximum absolute atomic E-state index is 13.9. The molecule has 1 amide bonds. The normalized spacial score (nSPS) is 12.6. The van der Waals surface area contributed by atoms with E-state index in [0.29, 0.717) is 24.7 Å². The summed E-state index contributed by atoms with van der Waals surface area (Å²) in [4.78, 5) is 23.2. The molecule has 0 saturated heterocycles. The summed E-state index contributed by atoms with van der Waals surface area (Å²) >= 11 is 6.06. The summed E-state index contributed by atoms with van der Waals surface area (Å²) in [6, 6.07) is 6.53. The van der Waals surface area contributed by atoms with Crippen LogP contribution in [0.25, 0.3) is 0 Å². The number of ether oxygens (including phenoxy) is 3. The van der Waals surface area contributed by atoms with Crippen molar-refractivity contribution in [3.8, 4) is 11.5 Å². The van der Waals surface area contributed by atoms with Gasteiger partial charge in [0.05, 0.1) is 10.6 Å². The van der Waals surface area contributed by atoms with E-state index < -0.39 is 17.7 Å². The SMILES string of the molecule is NC(=O)c1ccc(COC(=O)c2cc(Cl)c3c(c2)OCCO3)c(F)c1. The molecular weight excluding hydrogens is 353 g/mol. The van der Waals surface area contributed by atoms with Crippen molar-refractivity contribution in [3.63, 3.8) is 0 Å². The molecule has 0 bridgehead atoms. The predicted molar refractivity (Wildman–Crippen MR) is 86.5 cm³/mol. The maximum atomic E-state index is 13.9. The molecule has 6 nitrogen and oxygen atoms in total. The molecule has 0 aliphatic carbocycles. The number of esters is 1. The molecular formula is C17H13ClFNO5. The average molecular weight is 366 g/mol. The van der Waals surface area contributed by atoms with Crippen molar-refractivity contribution in [2.45, 2.75) is 6.61 Å². The van der Waals surface area contributed by atoms with Crippen LogP contribution < -0.4 is 15.2 Å². The predicted octanol–water partition coefficient (Wildman–Crippen LogP) is 2.71. The van der Waals surface area contributed by atoms with Crippen LogP contribution in [0.4, 0.5) is 4.39 Å². The first kappa shape index (κ1) is 17.0. The van der Waals surface area contributed by atoms with E-state index in [4.69, 9.17) is 31.5 Å². The van der Waals surface area contributed by atoms with Crippen LogP contribution in [0.3, 0.4) is 0 Å². The fraction of sp³-hybridized carbons (Fsp3) is 0.176. The van der Waals surface area contributed by atoms with Crippen LogP contribution in [-0.2, 0) is 11.3 Å². The smallest absolute Gasteiger partial charge is 0.338 e. The fourth-order valence-corrected chi connectivity index (χ4v) is 2.54. The summed E-state index contributed by atoms with van der Waals surface area (Å²) in [5.41, 5.74) is 5.38. The highest BCUT2D eigenvalue weighted by molar-refractivity contribution is 6.32. The fourth-order valence-electron chi connectivity index (χ4n) is 2.27. The lowest BCUT2D eigenvalue weighted by molar-refractivity contribution is 0.0467. The van der Waals surface area contributed by atoms with Gasteiger partial charge in [-0.1, -0.05) is 17.7 Å². The number of nitrogens with two attached hydrogens (primary N) is 1. The molecule has 1 aliphatic heterocycles. The Bertz CT molecular complexity index is 855. The number of benzene rings is 2. The molecule has 2 aromatic carbocycles. The number of rotatable bonds is 4. The first-order valence-electron chi connectivity index (χ1n) is 7.30. The number of primary amides is 1. The molecule has 1 heterocycles. The number of fused-ring (bicyclic) bond motifs is 1. The lowest BCUT2D eigenvalue weighted by atomic mass is 10.1.